The molecule has 0 aromatic heterocycles. The van der Waals surface area contributed by atoms with Crippen LogP contribution in [-0.4, -0.2) is 22.8 Å². The molecule has 0 aromatic rings. The van der Waals surface area contributed by atoms with Crippen LogP contribution in [-0.2, 0) is 0 Å². The molecule has 1 aliphatic carbocycles. The first-order chi connectivity index (χ1) is 6.39. The van der Waals surface area contributed by atoms with Gasteiger partial charge in [-0.1, -0.05) is 0 Å². The average Bonchev–Trinajstić information content (AvgIpc) is 2.30. The molecule has 4 nitrogen and oxygen atoms in total. The molecule has 0 saturated heterocycles. The summed E-state index contributed by atoms with van der Waals surface area (Å²) in [4.78, 5) is 10.5. The standard InChI is InChI=1S/C10H20N2O2/c1-10(2,12-9(13)14)6-7-3-4-8(11)5-7/h7-8,12H,3-6,11H2,1-2H3,(H,13,14)/t7-,8+/m1/s1. The average molecular weight is 200 g/mol. The fourth-order valence-corrected chi connectivity index (χ4v) is 2.36. The third-order valence-corrected chi connectivity index (χ3v) is 2.83. The Morgan fingerprint density at radius 1 is 1.57 bits per heavy atom. The molecule has 4 N–H and O–H groups in total. The van der Waals surface area contributed by atoms with Crippen LogP contribution in [0.1, 0.15) is 39.5 Å². The van der Waals surface area contributed by atoms with Gasteiger partial charge in [-0.2, -0.15) is 0 Å². The Labute approximate surface area is 84.9 Å². The number of carbonyl (C=O) groups is 1. The van der Waals surface area contributed by atoms with Gasteiger partial charge in [-0.15, -0.1) is 0 Å². The summed E-state index contributed by atoms with van der Waals surface area (Å²) in [7, 11) is 0. The van der Waals surface area contributed by atoms with E-state index in [2.05, 4.69) is 5.32 Å². The summed E-state index contributed by atoms with van der Waals surface area (Å²) in [5.41, 5.74) is 5.48. The van der Waals surface area contributed by atoms with E-state index in [-0.39, 0.29) is 5.54 Å². The van der Waals surface area contributed by atoms with E-state index >= 15 is 0 Å². The van der Waals surface area contributed by atoms with Gasteiger partial charge in [-0.25, -0.2) is 4.79 Å². The molecule has 0 radical (unpaired) electrons. The Balaban J connectivity index is 2.38. The molecule has 0 aromatic carbocycles. The minimum atomic E-state index is -0.947. The lowest BCUT2D eigenvalue weighted by atomic mass is 9.89. The first-order valence-electron chi connectivity index (χ1n) is 5.16. The molecule has 2 atom stereocenters. The Hall–Kier alpha value is -0.770. The van der Waals surface area contributed by atoms with Crippen LogP contribution in [0.25, 0.3) is 0 Å². The van der Waals surface area contributed by atoms with Crippen LogP contribution >= 0.6 is 0 Å². The third-order valence-electron chi connectivity index (χ3n) is 2.83. The van der Waals surface area contributed by atoms with Gasteiger partial charge in [0.2, 0.25) is 0 Å². The molecule has 4 heteroatoms. The number of nitrogens with one attached hydrogen (secondary N) is 1. The highest BCUT2D eigenvalue weighted by atomic mass is 16.4. The van der Waals surface area contributed by atoms with Crippen LogP contribution < -0.4 is 11.1 Å². The fourth-order valence-electron chi connectivity index (χ4n) is 2.36. The Morgan fingerprint density at radius 3 is 2.64 bits per heavy atom. The molecule has 14 heavy (non-hydrogen) atoms. The van der Waals surface area contributed by atoms with E-state index in [0.717, 1.165) is 25.7 Å². The molecule has 0 unspecified atom stereocenters. The largest absolute Gasteiger partial charge is 0.465 e. The van der Waals surface area contributed by atoms with E-state index in [1.54, 1.807) is 0 Å². The molecule has 0 heterocycles. The highest BCUT2D eigenvalue weighted by Crippen LogP contribution is 2.31. The van der Waals surface area contributed by atoms with Crippen molar-refractivity contribution in [1.29, 1.82) is 0 Å². The van der Waals surface area contributed by atoms with Gasteiger partial charge in [0, 0.05) is 11.6 Å². The van der Waals surface area contributed by atoms with Crippen LogP contribution in [0.3, 0.4) is 0 Å². The molecule has 1 rings (SSSR count). The quantitative estimate of drug-likeness (QED) is 0.647. The fraction of sp³-hybridized carbons (Fsp3) is 0.900. The summed E-state index contributed by atoms with van der Waals surface area (Å²) in [6.45, 7) is 3.84. The second-order valence-electron chi connectivity index (χ2n) is 4.96. The summed E-state index contributed by atoms with van der Waals surface area (Å²) < 4.78 is 0. The van der Waals surface area contributed by atoms with Crippen molar-refractivity contribution in [1.82, 2.24) is 5.32 Å². The Morgan fingerprint density at radius 2 is 2.21 bits per heavy atom. The number of nitrogens with two attached hydrogens (primary N) is 1. The highest BCUT2D eigenvalue weighted by molar-refractivity contribution is 5.65. The van der Waals surface area contributed by atoms with Gasteiger partial charge in [0.15, 0.2) is 0 Å². The Kier molecular flexibility index (Phi) is 3.37. The van der Waals surface area contributed by atoms with Crippen molar-refractivity contribution in [3.63, 3.8) is 0 Å². The van der Waals surface area contributed by atoms with Crippen molar-refractivity contribution in [2.45, 2.75) is 51.1 Å². The van der Waals surface area contributed by atoms with Gasteiger partial charge in [0.1, 0.15) is 0 Å². The maximum atomic E-state index is 10.5. The minimum Gasteiger partial charge on any atom is -0.465 e. The number of carboxylic acid groups (broad SMARTS) is 1. The molecule has 1 aliphatic rings. The van der Waals surface area contributed by atoms with Gasteiger partial charge in [0.25, 0.3) is 0 Å². The molecular weight excluding hydrogens is 180 g/mol. The first kappa shape index (κ1) is 11.3. The van der Waals surface area contributed by atoms with Crippen molar-refractivity contribution >= 4 is 6.09 Å². The van der Waals surface area contributed by atoms with Gasteiger partial charge in [-0.3, -0.25) is 0 Å². The van der Waals surface area contributed by atoms with Crippen molar-refractivity contribution in [2.24, 2.45) is 11.7 Å². The molecule has 0 aliphatic heterocycles. The molecule has 1 amide bonds. The van der Waals surface area contributed by atoms with Crippen LogP contribution in [0, 0.1) is 5.92 Å². The summed E-state index contributed by atoms with van der Waals surface area (Å²) in [6, 6.07) is 0.320. The zero-order valence-corrected chi connectivity index (χ0v) is 8.92. The maximum Gasteiger partial charge on any atom is 0.405 e. The van der Waals surface area contributed by atoms with E-state index in [1.807, 2.05) is 13.8 Å². The number of hydrogen-bond acceptors (Lipinski definition) is 2. The Bertz CT molecular complexity index is 216. The highest BCUT2D eigenvalue weighted by Gasteiger charge is 2.29. The van der Waals surface area contributed by atoms with Gasteiger partial charge < -0.3 is 16.2 Å². The number of amides is 1. The molecule has 0 bridgehead atoms. The summed E-state index contributed by atoms with van der Waals surface area (Å²) >= 11 is 0. The van der Waals surface area contributed by atoms with Gasteiger partial charge in [0.05, 0.1) is 0 Å². The van der Waals surface area contributed by atoms with Crippen molar-refractivity contribution in [2.75, 3.05) is 0 Å². The van der Waals surface area contributed by atoms with Crippen LogP contribution in [0.4, 0.5) is 4.79 Å². The predicted molar refractivity (Wildman–Crippen MR) is 55.2 cm³/mol. The van der Waals surface area contributed by atoms with Crippen molar-refractivity contribution < 1.29 is 9.90 Å². The molecular formula is C10H20N2O2. The second-order valence-corrected chi connectivity index (χ2v) is 4.96. The van der Waals surface area contributed by atoms with E-state index in [4.69, 9.17) is 10.8 Å². The van der Waals surface area contributed by atoms with Crippen LogP contribution in [0.2, 0.25) is 0 Å². The van der Waals surface area contributed by atoms with Crippen LogP contribution in [0.5, 0.6) is 0 Å². The molecule has 82 valence electrons. The van der Waals surface area contributed by atoms with E-state index in [0.29, 0.717) is 12.0 Å². The minimum absolute atomic E-state index is 0.320. The van der Waals surface area contributed by atoms with E-state index in [1.165, 1.54) is 0 Å². The molecule has 1 saturated carbocycles. The SMILES string of the molecule is CC(C)(C[C@@H]1CC[C@H](N)C1)NC(=O)O. The van der Waals surface area contributed by atoms with Crippen molar-refractivity contribution in [3.05, 3.63) is 0 Å². The van der Waals surface area contributed by atoms with Gasteiger partial charge >= 0.3 is 6.09 Å². The maximum absolute atomic E-state index is 10.5. The summed E-state index contributed by atoms with van der Waals surface area (Å²) in [5.74, 6) is 0.576. The zero-order chi connectivity index (χ0) is 10.8. The van der Waals surface area contributed by atoms with E-state index < -0.39 is 6.09 Å². The summed E-state index contributed by atoms with van der Waals surface area (Å²) in [6.07, 6.45) is 3.18. The smallest absolute Gasteiger partial charge is 0.405 e. The first-order valence-corrected chi connectivity index (χ1v) is 5.16. The monoisotopic (exact) mass is 200 g/mol. The van der Waals surface area contributed by atoms with E-state index in [9.17, 15) is 4.79 Å². The molecule has 1 fully saturated rings. The lowest BCUT2D eigenvalue weighted by molar-refractivity contribution is 0.176. The predicted octanol–water partition coefficient (Wildman–Crippen LogP) is 1.55. The normalized spacial score (nSPS) is 27.6. The van der Waals surface area contributed by atoms with Gasteiger partial charge in [-0.05, 0) is 45.4 Å². The molecule has 0 spiro atoms. The third kappa shape index (κ3) is 3.54. The lowest BCUT2D eigenvalue weighted by Gasteiger charge is -2.27. The topological polar surface area (TPSA) is 75.3 Å². The summed E-state index contributed by atoms with van der Waals surface area (Å²) in [5, 5.41) is 11.2. The zero-order valence-electron chi connectivity index (χ0n) is 8.92. The van der Waals surface area contributed by atoms with Crippen molar-refractivity contribution in [3.8, 4) is 0 Å². The number of rotatable bonds is 3. The number of hydrogen-bond donors (Lipinski definition) is 3. The van der Waals surface area contributed by atoms with Crippen LogP contribution in [0.15, 0.2) is 0 Å². The second kappa shape index (κ2) is 4.17. The lowest BCUT2D eigenvalue weighted by Crippen LogP contribution is -2.43.